The van der Waals surface area contributed by atoms with Gasteiger partial charge in [0.15, 0.2) is 23.0 Å². The van der Waals surface area contributed by atoms with Crippen LogP contribution in [0.25, 0.3) is 0 Å². The van der Waals surface area contributed by atoms with Gasteiger partial charge < -0.3 is 21.3 Å². The van der Waals surface area contributed by atoms with E-state index in [1.807, 2.05) is 13.8 Å². The summed E-state index contributed by atoms with van der Waals surface area (Å²) in [5.41, 5.74) is 0.216. The summed E-state index contributed by atoms with van der Waals surface area (Å²) < 4.78 is 0. The molecule has 1 rings (SSSR count). The maximum absolute atomic E-state index is 12.2. The molecule has 0 saturated carbocycles. The van der Waals surface area contributed by atoms with Crippen LogP contribution in [0, 0.1) is 0 Å². The largest absolute Gasteiger partial charge is 0.371 e. The topological polar surface area (TPSA) is 108 Å². The summed E-state index contributed by atoms with van der Waals surface area (Å²) in [5, 5.41) is 11.2. The van der Waals surface area contributed by atoms with Gasteiger partial charge in [-0.25, -0.2) is 9.97 Å². The van der Waals surface area contributed by atoms with Crippen molar-refractivity contribution in [2.45, 2.75) is 26.7 Å². The van der Waals surface area contributed by atoms with E-state index in [-0.39, 0.29) is 17.3 Å². The maximum Gasteiger partial charge on any atom is 0.273 e. The smallest absolute Gasteiger partial charge is 0.273 e. The van der Waals surface area contributed by atoms with Crippen LogP contribution in [0.4, 0.5) is 11.6 Å². The van der Waals surface area contributed by atoms with Crippen molar-refractivity contribution in [3.05, 3.63) is 11.4 Å². The van der Waals surface area contributed by atoms with E-state index in [1.165, 1.54) is 7.05 Å². The summed E-state index contributed by atoms with van der Waals surface area (Å²) in [6, 6.07) is 0. The van der Waals surface area contributed by atoms with E-state index >= 15 is 0 Å². The molecular formula is C14H24N6O2. The van der Waals surface area contributed by atoms with Crippen molar-refractivity contribution in [1.29, 1.82) is 0 Å². The van der Waals surface area contributed by atoms with Gasteiger partial charge >= 0.3 is 0 Å². The first-order valence-electron chi connectivity index (χ1n) is 7.42. The van der Waals surface area contributed by atoms with Crippen LogP contribution in [0.1, 0.15) is 47.7 Å². The number of carbonyl (C=O) groups is 2. The molecule has 1 aromatic rings. The molecule has 0 radical (unpaired) electrons. The number of aromatic nitrogens is 2. The van der Waals surface area contributed by atoms with Crippen molar-refractivity contribution >= 4 is 23.5 Å². The normalized spacial score (nSPS) is 10.0. The number of anilines is 2. The van der Waals surface area contributed by atoms with Crippen LogP contribution >= 0.6 is 0 Å². The lowest BCUT2D eigenvalue weighted by Gasteiger charge is -2.14. The van der Waals surface area contributed by atoms with E-state index in [2.05, 4.69) is 31.2 Å². The van der Waals surface area contributed by atoms with Gasteiger partial charge in [-0.05, 0) is 12.8 Å². The standard InChI is InChI=1S/C14H24N6O2/c1-5-7-17-12-10(14(22)18-8-6-2)19-9(13(21)16-4)11(15-3)20-12/h5-8H2,1-4H3,(H,16,21)(H,18,22)(H2,15,17,20). The molecule has 0 aliphatic carbocycles. The van der Waals surface area contributed by atoms with Gasteiger partial charge in [0.05, 0.1) is 0 Å². The van der Waals surface area contributed by atoms with E-state index in [4.69, 9.17) is 0 Å². The van der Waals surface area contributed by atoms with Gasteiger partial charge in [0.2, 0.25) is 0 Å². The Hall–Kier alpha value is -2.38. The first kappa shape index (κ1) is 17.7. The van der Waals surface area contributed by atoms with E-state index < -0.39 is 5.91 Å². The Labute approximate surface area is 130 Å². The van der Waals surface area contributed by atoms with E-state index in [0.717, 1.165) is 12.8 Å². The predicted octanol–water partition coefficient (Wildman–Crippen LogP) is 0.840. The minimum atomic E-state index is -0.400. The highest BCUT2D eigenvalue weighted by molar-refractivity contribution is 6.01. The Morgan fingerprint density at radius 2 is 1.55 bits per heavy atom. The van der Waals surface area contributed by atoms with Gasteiger partial charge in [-0.1, -0.05) is 13.8 Å². The lowest BCUT2D eigenvalue weighted by Crippen LogP contribution is -2.29. The highest BCUT2D eigenvalue weighted by atomic mass is 16.2. The van der Waals surface area contributed by atoms with Crippen LogP contribution in [0.5, 0.6) is 0 Å². The summed E-state index contributed by atoms with van der Waals surface area (Å²) in [6.45, 7) is 5.17. The number of hydrogen-bond donors (Lipinski definition) is 4. The highest BCUT2D eigenvalue weighted by Gasteiger charge is 2.21. The van der Waals surface area contributed by atoms with Crippen molar-refractivity contribution in [2.24, 2.45) is 0 Å². The fourth-order valence-corrected chi connectivity index (χ4v) is 1.73. The van der Waals surface area contributed by atoms with Gasteiger partial charge in [-0.15, -0.1) is 0 Å². The van der Waals surface area contributed by atoms with Crippen LogP contribution in [-0.2, 0) is 0 Å². The summed E-state index contributed by atoms with van der Waals surface area (Å²) in [4.78, 5) is 32.7. The molecule has 1 aromatic heterocycles. The van der Waals surface area contributed by atoms with Crippen LogP contribution in [0.2, 0.25) is 0 Å². The minimum Gasteiger partial charge on any atom is -0.371 e. The molecule has 1 heterocycles. The third kappa shape index (κ3) is 4.31. The molecule has 0 aliphatic heterocycles. The molecule has 8 nitrogen and oxygen atoms in total. The summed E-state index contributed by atoms with van der Waals surface area (Å²) in [6.07, 6.45) is 1.69. The number of nitrogens with zero attached hydrogens (tertiary/aromatic N) is 2. The van der Waals surface area contributed by atoms with E-state index in [1.54, 1.807) is 7.05 Å². The average Bonchev–Trinajstić information content (AvgIpc) is 2.56. The van der Waals surface area contributed by atoms with Crippen molar-refractivity contribution in [1.82, 2.24) is 20.6 Å². The molecule has 0 unspecified atom stereocenters. The molecule has 0 atom stereocenters. The molecule has 0 aliphatic rings. The summed E-state index contributed by atoms with van der Waals surface area (Å²) >= 11 is 0. The van der Waals surface area contributed by atoms with Crippen LogP contribution < -0.4 is 21.3 Å². The number of hydrogen-bond acceptors (Lipinski definition) is 6. The van der Waals surface area contributed by atoms with Crippen molar-refractivity contribution in [3.8, 4) is 0 Å². The van der Waals surface area contributed by atoms with Gasteiger partial charge in [0.1, 0.15) is 0 Å². The molecule has 4 N–H and O–H groups in total. The van der Waals surface area contributed by atoms with Crippen molar-refractivity contribution in [2.75, 3.05) is 37.8 Å². The molecule has 22 heavy (non-hydrogen) atoms. The highest BCUT2D eigenvalue weighted by Crippen LogP contribution is 2.18. The SMILES string of the molecule is CCCNC(=O)c1nc(C(=O)NC)c(NC)nc1NCCC. The lowest BCUT2D eigenvalue weighted by molar-refractivity contribution is 0.0947. The molecule has 0 spiro atoms. The van der Waals surface area contributed by atoms with E-state index in [9.17, 15) is 9.59 Å². The maximum atomic E-state index is 12.2. The van der Waals surface area contributed by atoms with Gasteiger partial charge in [-0.2, -0.15) is 0 Å². The second kappa shape index (κ2) is 8.81. The Kier molecular flexibility index (Phi) is 7.07. The zero-order valence-corrected chi connectivity index (χ0v) is 13.5. The number of rotatable bonds is 8. The molecule has 2 amide bonds. The summed E-state index contributed by atoms with van der Waals surface area (Å²) in [5.74, 6) is -0.0540. The van der Waals surface area contributed by atoms with Crippen LogP contribution in [0.3, 0.4) is 0 Å². The first-order valence-corrected chi connectivity index (χ1v) is 7.42. The van der Waals surface area contributed by atoms with Gasteiger partial charge in [0, 0.05) is 27.2 Å². The van der Waals surface area contributed by atoms with Crippen molar-refractivity contribution in [3.63, 3.8) is 0 Å². The van der Waals surface area contributed by atoms with E-state index in [0.29, 0.717) is 24.7 Å². The lowest BCUT2D eigenvalue weighted by atomic mass is 10.3. The molecule has 122 valence electrons. The number of carbonyl (C=O) groups excluding carboxylic acids is 2. The Morgan fingerprint density at radius 3 is 2.09 bits per heavy atom. The second-order valence-electron chi connectivity index (χ2n) is 4.63. The summed E-state index contributed by atoms with van der Waals surface area (Å²) in [7, 11) is 3.15. The first-order chi connectivity index (χ1) is 10.6. The molecule has 0 fully saturated rings. The fourth-order valence-electron chi connectivity index (χ4n) is 1.73. The van der Waals surface area contributed by atoms with Crippen LogP contribution in [-0.4, -0.2) is 49.0 Å². The third-order valence-corrected chi connectivity index (χ3v) is 2.87. The average molecular weight is 308 g/mol. The van der Waals surface area contributed by atoms with Crippen molar-refractivity contribution < 1.29 is 9.59 Å². The zero-order valence-electron chi connectivity index (χ0n) is 13.5. The predicted molar refractivity (Wildman–Crippen MR) is 86.4 cm³/mol. The number of amides is 2. The van der Waals surface area contributed by atoms with Crippen LogP contribution in [0.15, 0.2) is 0 Å². The quantitative estimate of drug-likeness (QED) is 0.567. The Balaban J connectivity index is 3.28. The number of nitrogens with one attached hydrogen (secondary N) is 4. The Bertz CT molecular complexity index is 532. The van der Waals surface area contributed by atoms with Gasteiger partial charge in [0.25, 0.3) is 11.8 Å². The molecular weight excluding hydrogens is 284 g/mol. The molecule has 8 heteroatoms. The molecule has 0 aromatic carbocycles. The molecule has 0 saturated heterocycles. The fraction of sp³-hybridized carbons (Fsp3) is 0.571. The minimum absolute atomic E-state index is 0.0914. The third-order valence-electron chi connectivity index (χ3n) is 2.87. The monoisotopic (exact) mass is 308 g/mol. The van der Waals surface area contributed by atoms with Gasteiger partial charge in [-0.3, -0.25) is 9.59 Å². The zero-order chi connectivity index (χ0) is 16.5. The molecule has 0 bridgehead atoms. The second-order valence-corrected chi connectivity index (χ2v) is 4.63. The Morgan fingerprint density at radius 1 is 0.909 bits per heavy atom.